The number of hydrogen-bond donors (Lipinski definition) is 3. The van der Waals surface area contributed by atoms with E-state index < -0.39 is 0 Å². The van der Waals surface area contributed by atoms with E-state index in [9.17, 15) is 0 Å². The zero-order valence-corrected chi connectivity index (χ0v) is 21.1. The van der Waals surface area contributed by atoms with Crippen molar-refractivity contribution in [1.82, 2.24) is 25.2 Å². The molecule has 3 aromatic rings. The van der Waals surface area contributed by atoms with Gasteiger partial charge in [-0.05, 0) is 58.7 Å². The van der Waals surface area contributed by atoms with Gasteiger partial charge in [0.05, 0.1) is 28.4 Å². The molecule has 1 saturated carbocycles. The Morgan fingerprint density at radius 1 is 1.00 bits per heavy atom. The maximum atomic E-state index is 6.59. The number of halogens is 2. The van der Waals surface area contributed by atoms with Gasteiger partial charge in [0.2, 0.25) is 0 Å². The van der Waals surface area contributed by atoms with E-state index in [1.807, 2.05) is 24.4 Å². The molecule has 0 radical (unpaired) electrons. The molecule has 4 rings (SSSR count). The largest absolute Gasteiger partial charge is 0.497 e. The molecule has 0 spiro atoms. The van der Waals surface area contributed by atoms with Gasteiger partial charge in [-0.1, -0.05) is 23.2 Å². The van der Waals surface area contributed by atoms with E-state index in [4.69, 9.17) is 38.0 Å². The monoisotopic (exact) mass is 490 g/mol. The third-order valence-electron chi connectivity index (χ3n) is 6.39. The van der Waals surface area contributed by atoms with Crippen LogP contribution in [0.1, 0.15) is 37.1 Å². The fourth-order valence-electron chi connectivity index (χ4n) is 4.62. The Bertz CT molecular complexity index is 1100. The van der Waals surface area contributed by atoms with Crippen LogP contribution in [-0.2, 0) is 0 Å². The molecule has 7 nitrogen and oxygen atoms in total. The number of nitrogens with one attached hydrogen (secondary N) is 3. The van der Waals surface area contributed by atoms with Crippen LogP contribution in [-0.4, -0.2) is 53.9 Å². The summed E-state index contributed by atoms with van der Waals surface area (Å²) in [4.78, 5) is 4.77. The van der Waals surface area contributed by atoms with Crippen molar-refractivity contribution in [1.29, 1.82) is 0 Å². The van der Waals surface area contributed by atoms with Crippen LogP contribution in [0.4, 0.5) is 5.82 Å². The summed E-state index contributed by atoms with van der Waals surface area (Å²) >= 11 is 13.2. The number of methoxy groups -OCH3 is 1. The lowest BCUT2D eigenvalue weighted by molar-refractivity contribution is 0.321. The van der Waals surface area contributed by atoms with E-state index >= 15 is 0 Å². The van der Waals surface area contributed by atoms with Crippen LogP contribution in [0.2, 0.25) is 10.0 Å². The number of nitrogens with zero attached hydrogens (tertiary/aromatic N) is 3. The average molecular weight is 491 g/mol. The van der Waals surface area contributed by atoms with Crippen LogP contribution in [0.3, 0.4) is 0 Å². The van der Waals surface area contributed by atoms with E-state index in [2.05, 4.69) is 23.0 Å². The summed E-state index contributed by atoms with van der Waals surface area (Å²) in [6.45, 7) is 5.61. The quantitative estimate of drug-likeness (QED) is 0.391. The Kier molecular flexibility index (Phi) is 7.64. The third-order valence-corrected chi connectivity index (χ3v) is 6.99. The van der Waals surface area contributed by atoms with Gasteiger partial charge < -0.3 is 20.7 Å². The number of anilines is 1. The van der Waals surface area contributed by atoms with E-state index in [0.29, 0.717) is 27.9 Å². The van der Waals surface area contributed by atoms with Crippen LogP contribution < -0.4 is 20.7 Å². The van der Waals surface area contributed by atoms with Gasteiger partial charge in [0.15, 0.2) is 5.65 Å². The fourth-order valence-corrected chi connectivity index (χ4v) is 5.28. The van der Waals surface area contributed by atoms with Crippen molar-refractivity contribution < 1.29 is 4.74 Å². The molecule has 33 heavy (non-hydrogen) atoms. The van der Waals surface area contributed by atoms with Crippen molar-refractivity contribution in [3.63, 3.8) is 0 Å². The Hall–Kier alpha value is -2.06. The van der Waals surface area contributed by atoms with E-state index in [1.54, 1.807) is 19.2 Å². The van der Waals surface area contributed by atoms with Gasteiger partial charge in [-0.25, -0.2) is 4.98 Å². The minimum absolute atomic E-state index is 0.507. The van der Waals surface area contributed by atoms with Gasteiger partial charge in [-0.3, -0.25) is 0 Å². The van der Waals surface area contributed by atoms with E-state index in [0.717, 1.165) is 47.1 Å². The topological polar surface area (TPSA) is 75.5 Å². The van der Waals surface area contributed by atoms with Crippen LogP contribution in [0.25, 0.3) is 16.8 Å². The highest BCUT2D eigenvalue weighted by molar-refractivity contribution is 6.39. The van der Waals surface area contributed by atoms with Gasteiger partial charge in [-0.2, -0.15) is 9.61 Å². The molecule has 1 aliphatic rings. The second-order valence-electron chi connectivity index (χ2n) is 8.66. The number of aromatic nitrogens is 3. The van der Waals surface area contributed by atoms with Gasteiger partial charge in [0.25, 0.3) is 0 Å². The lowest BCUT2D eigenvalue weighted by Gasteiger charge is -2.29. The van der Waals surface area contributed by atoms with Gasteiger partial charge in [0, 0.05) is 42.5 Å². The van der Waals surface area contributed by atoms with Crippen molar-refractivity contribution >= 4 is 34.7 Å². The van der Waals surface area contributed by atoms with Crippen LogP contribution in [0, 0.1) is 13.8 Å². The van der Waals surface area contributed by atoms with Crippen LogP contribution in [0.5, 0.6) is 5.75 Å². The zero-order valence-electron chi connectivity index (χ0n) is 19.6. The molecule has 0 aliphatic heterocycles. The summed E-state index contributed by atoms with van der Waals surface area (Å²) in [6.07, 6.45) is 4.90. The summed E-state index contributed by atoms with van der Waals surface area (Å²) in [5, 5.41) is 16.4. The van der Waals surface area contributed by atoms with Crippen molar-refractivity contribution in [2.24, 2.45) is 0 Å². The molecule has 1 fully saturated rings. The number of fused-ring (bicyclic) bond motifs is 1. The molecule has 1 aromatic carbocycles. The Morgan fingerprint density at radius 2 is 1.67 bits per heavy atom. The summed E-state index contributed by atoms with van der Waals surface area (Å²) in [5.41, 5.74) is 3.98. The van der Waals surface area contributed by atoms with E-state index in [-0.39, 0.29) is 0 Å². The smallest absolute Gasteiger partial charge is 0.165 e. The Balaban J connectivity index is 1.53. The molecule has 0 atom stereocenters. The zero-order chi connectivity index (χ0) is 23.5. The Labute approximate surface area is 205 Å². The summed E-state index contributed by atoms with van der Waals surface area (Å²) in [5.74, 6) is 1.51. The van der Waals surface area contributed by atoms with E-state index in [1.165, 1.54) is 25.7 Å². The molecular weight excluding hydrogens is 459 g/mol. The first-order valence-electron chi connectivity index (χ1n) is 11.5. The minimum atomic E-state index is 0.507. The standard InChI is InChI=1S/C24H32Cl2N6O/c1-14-11-21(29-10-9-28-17-7-5-16(27-3)6-8-17)32-24(30-14)22(15(2)31-32)23-19(25)12-18(33-4)13-20(23)26/h11-13,16-17,27-29H,5-10H2,1-4H3. The number of aryl methyl sites for hydroxylation is 2. The highest BCUT2D eigenvalue weighted by Gasteiger charge is 2.22. The van der Waals surface area contributed by atoms with Crippen molar-refractivity contribution in [2.75, 3.05) is 32.6 Å². The molecular formula is C24H32Cl2N6O. The molecule has 2 heterocycles. The molecule has 0 amide bonds. The second-order valence-corrected chi connectivity index (χ2v) is 9.48. The van der Waals surface area contributed by atoms with Crippen LogP contribution in [0.15, 0.2) is 18.2 Å². The van der Waals surface area contributed by atoms with Crippen LogP contribution >= 0.6 is 23.2 Å². The predicted octanol–water partition coefficient (Wildman–Crippen LogP) is 4.86. The number of rotatable bonds is 8. The van der Waals surface area contributed by atoms with Crippen molar-refractivity contribution in [2.45, 2.75) is 51.6 Å². The molecule has 3 N–H and O–H groups in total. The number of hydrogen-bond acceptors (Lipinski definition) is 6. The van der Waals surface area contributed by atoms with Crippen molar-refractivity contribution in [3.05, 3.63) is 39.6 Å². The normalized spacial score (nSPS) is 18.6. The SMILES string of the molecule is CNC1CCC(NCCNc2cc(C)nc3c(-c4c(Cl)cc(OC)cc4Cl)c(C)nn23)CC1. The second kappa shape index (κ2) is 10.5. The predicted molar refractivity (Wildman–Crippen MR) is 136 cm³/mol. The third kappa shape index (κ3) is 5.22. The highest BCUT2D eigenvalue weighted by atomic mass is 35.5. The first kappa shape index (κ1) is 24.1. The molecule has 0 unspecified atom stereocenters. The molecule has 0 saturated heterocycles. The highest BCUT2D eigenvalue weighted by Crippen LogP contribution is 2.41. The molecule has 0 bridgehead atoms. The summed E-state index contributed by atoms with van der Waals surface area (Å²) < 4.78 is 7.13. The Morgan fingerprint density at radius 3 is 2.30 bits per heavy atom. The van der Waals surface area contributed by atoms with Gasteiger partial charge in [-0.15, -0.1) is 0 Å². The summed E-state index contributed by atoms with van der Waals surface area (Å²) in [6, 6.07) is 6.79. The minimum Gasteiger partial charge on any atom is -0.497 e. The van der Waals surface area contributed by atoms with Gasteiger partial charge >= 0.3 is 0 Å². The molecule has 1 aliphatic carbocycles. The molecule has 2 aromatic heterocycles. The number of ether oxygens (including phenoxy) is 1. The maximum Gasteiger partial charge on any atom is 0.165 e. The lowest BCUT2D eigenvalue weighted by atomic mass is 9.91. The average Bonchev–Trinajstić information content (AvgIpc) is 3.12. The molecule has 9 heteroatoms. The van der Waals surface area contributed by atoms with Gasteiger partial charge in [0.1, 0.15) is 11.6 Å². The first-order chi connectivity index (χ1) is 15.9. The fraction of sp³-hybridized carbons (Fsp3) is 0.500. The molecule has 178 valence electrons. The number of benzene rings is 1. The summed E-state index contributed by atoms with van der Waals surface area (Å²) in [7, 11) is 3.64. The lowest BCUT2D eigenvalue weighted by Crippen LogP contribution is -2.40. The first-order valence-corrected chi connectivity index (χ1v) is 12.2. The van der Waals surface area contributed by atoms with Crippen molar-refractivity contribution in [3.8, 4) is 16.9 Å². The maximum absolute atomic E-state index is 6.59.